The van der Waals surface area contributed by atoms with Gasteiger partial charge in [-0.1, -0.05) is 13.8 Å². The van der Waals surface area contributed by atoms with Crippen molar-refractivity contribution >= 4 is 43.4 Å². The standard InChI is InChI=1S/C20H27N3O5S3/c1-5-23(6-2)31(27,28)19-11-7-16(8-12-19)21-20(24)15-22(3)30(25,26)18-13-9-17(29-4)10-14-18/h7-14H,5-6,15H2,1-4H3,(H,21,24). The second-order valence-electron chi connectivity index (χ2n) is 6.60. The van der Waals surface area contributed by atoms with Crippen LogP contribution in [0.5, 0.6) is 0 Å². The summed E-state index contributed by atoms with van der Waals surface area (Å²) in [6, 6.07) is 12.2. The van der Waals surface area contributed by atoms with Gasteiger partial charge in [-0.25, -0.2) is 16.8 Å². The number of carbonyl (C=O) groups excluding carboxylic acids is 1. The summed E-state index contributed by atoms with van der Waals surface area (Å²) >= 11 is 1.50. The van der Waals surface area contributed by atoms with Gasteiger partial charge in [0.15, 0.2) is 0 Å². The van der Waals surface area contributed by atoms with Crippen LogP contribution in [0.25, 0.3) is 0 Å². The number of nitrogens with one attached hydrogen (secondary N) is 1. The third-order valence-electron chi connectivity index (χ3n) is 4.62. The number of anilines is 1. The lowest BCUT2D eigenvalue weighted by atomic mass is 10.3. The van der Waals surface area contributed by atoms with Crippen molar-refractivity contribution in [3.63, 3.8) is 0 Å². The molecule has 31 heavy (non-hydrogen) atoms. The average Bonchev–Trinajstić information content (AvgIpc) is 2.74. The van der Waals surface area contributed by atoms with Crippen LogP contribution >= 0.6 is 11.8 Å². The minimum absolute atomic E-state index is 0.103. The number of carbonyl (C=O) groups is 1. The van der Waals surface area contributed by atoms with E-state index in [1.54, 1.807) is 26.0 Å². The van der Waals surface area contributed by atoms with Gasteiger partial charge in [0, 0.05) is 30.7 Å². The predicted molar refractivity (Wildman–Crippen MR) is 123 cm³/mol. The van der Waals surface area contributed by atoms with Crippen molar-refractivity contribution in [1.82, 2.24) is 8.61 Å². The highest BCUT2D eigenvalue weighted by molar-refractivity contribution is 7.98. The minimum Gasteiger partial charge on any atom is -0.325 e. The van der Waals surface area contributed by atoms with E-state index in [0.717, 1.165) is 9.20 Å². The first kappa shape index (κ1) is 25.3. The van der Waals surface area contributed by atoms with Crippen LogP contribution in [0.1, 0.15) is 13.8 Å². The van der Waals surface area contributed by atoms with Crippen LogP contribution < -0.4 is 5.32 Å². The fourth-order valence-electron chi connectivity index (χ4n) is 2.84. The largest absolute Gasteiger partial charge is 0.325 e. The molecule has 0 heterocycles. The molecule has 8 nitrogen and oxygen atoms in total. The van der Waals surface area contributed by atoms with E-state index in [1.807, 2.05) is 6.26 Å². The fourth-order valence-corrected chi connectivity index (χ4v) is 5.83. The zero-order valence-corrected chi connectivity index (χ0v) is 20.4. The molecule has 0 aliphatic heterocycles. The zero-order valence-electron chi connectivity index (χ0n) is 17.9. The maximum Gasteiger partial charge on any atom is 0.243 e. The molecule has 0 radical (unpaired) electrons. The highest BCUT2D eigenvalue weighted by Gasteiger charge is 2.24. The minimum atomic E-state index is -3.81. The fraction of sp³-hybridized carbons (Fsp3) is 0.350. The van der Waals surface area contributed by atoms with Gasteiger partial charge in [0.1, 0.15) is 0 Å². The first-order chi connectivity index (χ1) is 14.6. The molecule has 0 atom stereocenters. The number of nitrogens with zero attached hydrogens (tertiary/aromatic N) is 2. The number of sulfonamides is 2. The van der Waals surface area contributed by atoms with Crippen molar-refractivity contribution in [1.29, 1.82) is 0 Å². The van der Waals surface area contributed by atoms with Gasteiger partial charge in [0.05, 0.1) is 16.3 Å². The molecule has 0 saturated carbocycles. The molecule has 0 aromatic heterocycles. The van der Waals surface area contributed by atoms with E-state index in [1.165, 1.54) is 59.5 Å². The number of thioether (sulfide) groups is 1. The number of rotatable bonds is 10. The summed E-state index contributed by atoms with van der Waals surface area (Å²) in [5.41, 5.74) is 0.374. The summed E-state index contributed by atoms with van der Waals surface area (Å²) in [4.78, 5) is 13.5. The molecule has 2 aromatic rings. The van der Waals surface area contributed by atoms with Gasteiger partial charge in [0.25, 0.3) is 0 Å². The van der Waals surface area contributed by atoms with Crippen LogP contribution in [-0.4, -0.2) is 64.3 Å². The Morgan fingerprint density at radius 1 is 0.871 bits per heavy atom. The normalized spacial score (nSPS) is 12.3. The van der Waals surface area contributed by atoms with Gasteiger partial charge in [-0.2, -0.15) is 8.61 Å². The van der Waals surface area contributed by atoms with Crippen LogP contribution in [-0.2, 0) is 24.8 Å². The third kappa shape index (κ3) is 6.07. The molecular formula is C20H27N3O5S3. The molecule has 0 spiro atoms. The second-order valence-corrected chi connectivity index (χ2v) is 11.5. The number of amides is 1. The molecule has 0 aliphatic carbocycles. The number of benzene rings is 2. The van der Waals surface area contributed by atoms with Gasteiger partial charge in [-0.05, 0) is 54.8 Å². The van der Waals surface area contributed by atoms with Crippen molar-refractivity contribution in [3.8, 4) is 0 Å². The van der Waals surface area contributed by atoms with E-state index in [9.17, 15) is 21.6 Å². The quantitative estimate of drug-likeness (QED) is 0.519. The van der Waals surface area contributed by atoms with E-state index >= 15 is 0 Å². The summed E-state index contributed by atoms with van der Waals surface area (Å²) in [6.07, 6.45) is 1.89. The van der Waals surface area contributed by atoms with Crippen LogP contribution in [0.2, 0.25) is 0 Å². The molecule has 170 valence electrons. The van der Waals surface area contributed by atoms with Gasteiger partial charge in [-0.3, -0.25) is 4.79 Å². The van der Waals surface area contributed by atoms with Crippen LogP contribution in [0.3, 0.4) is 0 Å². The number of hydrogen-bond acceptors (Lipinski definition) is 6. The van der Waals surface area contributed by atoms with Gasteiger partial charge < -0.3 is 5.32 Å². The average molecular weight is 486 g/mol. The Labute approximate surface area is 188 Å². The lowest BCUT2D eigenvalue weighted by Gasteiger charge is -2.19. The van der Waals surface area contributed by atoms with Gasteiger partial charge in [0.2, 0.25) is 26.0 Å². The van der Waals surface area contributed by atoms with Crippen molar-refractivity contribution < 1.29 is 21.6 Å². The van der Waals surface area contributed by atoms with E-state index in [4.69, 9.17) is 0 Å². The SMILES string of the molecule is CCN(CC)S(=O)(=O)c1ccc(NC(=O)CN(C)S(=O)(=O)c2ccc(SC)cc2)cc1. The van der Waals surface area contributed by atoms with Gasteiger partial charge >= 0.3 is 0 Å². The lowest BCUT2D eigenvalue weighted by molar-refractivity contribution is -0.116. The molecule has 2 aromatic carbocycles. The topological polar surface area (TPSA) is 104 Å². The zero-order chi connectivity index (χ0) is 23.2. The molecule has 11 heteroatoms. The molecule has 2 rings (SSSR count). The van der Waals surface area contributed by atoms with E-state index in [0.29, 0.717) is 18.8 Å². The summed E-state index contributed by atoms with van der Waals surface area (Å²) in [6.45, 7) is 3.86. The molecule has 0 bridgehead atoms. The summed E-state index contributed by atoms with van der Waals surface area (Å²) < 4.78 is 52.7. The van der Waals surface area contributed by atoms with E-state index in [2.05, 4.69) is 5.32 Å². The van der Waals surface area contributed by atoms with Crippen molar-refractivity contribution in [3.05, 3.63) is 48.5 Å². The molecule has 1 amide bonds. The van der Waals surface area contributed by atoms with E-state index < -0.39 is 26.0 Å². The maximum absolute atomic E-state index is 12.7. The Morgan fingerprint density at radius 2 is 1.35 bits per heavy atom. The molecule has 0 fully saturated rings. The Morgan fingerprint density at radius 3 is 1.84 bits per heavy atom. The molecule has 1 N–H and O–H groups in total. The Hall–Kier alpha value is -1.92. The summed E-state index contributed by atoms with van der Waals surface area (Å²) in [5.74, 6) is -0.536. The third-order valence-corrected chi connectivity index (χ3v) is 9.24. The summed E-state index contributed by atoms with van der Waals surface area (Å²) in [5, 5.41) is 2.59. The monoisotopic (exact) mass is 485 g/mol. The highest BCUT2D eigenvalue weighted by atomic mass is 32.2. The lowest BCUT2D eigenvalue weighted by Crippen LogP contribution is -2.35. The molecule has 0 unspecified atom stereocenters. The van der Waals surface area contributed by atoms with Crippen LogP contribution in [0.15, 0.2) is 63.2 Å². The highest BCUT2D eigenvalue weighted by Crippen LogP contribution is 2.21. The maximum atomic E-state index is 12.7. The molecule has 0 aliphatic rings. The predicted octanol–water partition coefficient (Wildman–Crippen LogP) is 2.70. The van der Waals surface area contributed by atoms with Crippen LogP contribution in [0.4, 0.5) is 5.69 Å². The Bertz CT molecular complexity index is 1100. The van der Waals surface area contributed by atoms with Crippen molar-refractivity contribution in [2.75, 3.05) is 38.3 Å². The first-order valence-electron chi connectivity index (χ1n) is 9.56. The first-order valence-corrected chi connectivity index (χ1v) is 13.7. The number of likely N-dealkylation sites (N-methyl/N-ethyl adjacent to an activating group) is 1. The summed E-state index contributed by atoms with van der Waals surface area (Å²) in [7, 11) is -6.07. The van der Waals surface area contributed by atoms with Crippen molar-refractivity contribution in [2.45, 2.75) is 28.5 Å². The van der Waals surface area contributed by atoms with E-state index in [-0.39, 0.29) is 16.3 Å². The van der Waals surface area contributed by atoms with Crippen molar-refractivity contribution in [2.24, 2.45) is 0 Å². The molecular weight excluding hydrogens is 458 g/mol. The smallest absolute Gasteiger partial charge is 0.243 e. The number of hydrogen-bond donors (Lipinski definition) is 1. The Balaban J connectivity index is 2.06. The second kappa shape index (κ2) is 10.6. The Kier molecular flexibility index (Phi) is 8.66. The molecule has 0 saturated heterocycles. The van der Waals surface area contributed by atoms with Gasteiger partial charge in [-0.15, -0.1) is 11.8 Å². The van der Waals surface area contributed by atoms with Crippen LogP contribution in [0, 0.1) is 0 Å².